The second-order valence-electron chi connectivity index (χ2n) is 5.34. The third kappa shape index (κ3) is 1.82. The van der Waals surface area contributed by atoms with Crippen LogP contribution in [0.1, 0.15) is 43.2 Å². The number of fused-ring (bicyclic) bond motifs is 2. The molecule has 0 nitrogen and oxygen atoms in total. The molecule has 0 heteroatoms. The molecule has 0 spiro atoms. The van der Waals surface area contributed by atoms with Crippen molar-refractivity contribution in [3.8, 4) is 0 Å². The first kappa shape index (κ1) is 9.45. The van der Waals surface area contributed by atoms with Crippen LogP contribution in [0.25, 0.3) is 0 Å². The number of hydrogen-bond acceptors (Lipinski definition) is 0. The first-order valence-corrected chi connectivity index (χ1v) is 6.50. The molecule has 0 saturated heterocycles. The molecule has 1 aromatic rings. The van der Waals surface area contributed by atoms with E-state index in [1.54, 1.807) is 11.1 Å². The molecular weight excluding hydrogens is 180 g/mol. The van der Waals surface area contributed by atoms with Crippen LogP contribution in [0.5, 0.6) is 0 Å². The minimum Gasteiger partial charge on any atom is -0.0620 e. The number of hydrogen-bond donors (Lipinski definition) is 0. The Morgan fingerprint density at radius 3 is 1.80 bits per heavy atom. The molecule has 0 radical (unpaired) electrons. The van der Waals surface area contributed by atoms with E-state index in [2.05, 4.69) is 24.3 Å². The number of benzene rings is 1. The highest BCUT2D eigenvalue weighted by Crippen LogP contribution is 2.38. The Bertz CT molecular complexity index is 307. The molecule has 2 atom stereocenters. The average molecular weight is 200 g/mol. The summed E-state index contributed by atoms with van der Waals surface area (Å²) in [5, 5.41) is 0. The number of rotatable bonds is 0. The van der Waals surface area contributed by atoms with Gasteiger partial charge >= 0.3 is 0 Å². The lowest BCUT2D eigenvalue weighted by molar-refractivity contribution is 0.291. The van der Waals surface area contributed by atoms with Gasteiger partial charge in [0.25, 0.3) is 0 Å². The van der Waals surface area contributed by atoms with Crippen LogP contribution in [-0.2, 0) is 12.8 Å². The van der Waals surface area contributed by atoms with E-state index in [0.29, 0.717) is 0 Å². The SMILES string of the molecule is c1ccc2c(c1)CC1CCCCCC1C2. The van der Waals surface area contributed by atoms with Crippen LogP contribution in [0.2, 0.25) is 0 Å². The van der Waals surface area contributed by atoms with Crippen molar-refractivity contribution in [3.63, 3.8) is 0 Å². The van der Waals surface area contributed by atoms with Gasteiger partial charge in [0.15, 0.2) is 0 Å². The van der Waals surface area contributed by atoms with E-state index in [1.807, 2.05) is 0 Å². The predicted octanol–water partition coefficient (Wildman–Crippen LogP) is 3.98. The monoisotopic (exact) mass is 200 g/mol. The molecular formula is C15H20. The molecule has 0 N–H and O–H groups in total. The molecule has 1 saturated carbocycles. The van der Waals surface area contributed by atoms with Crippen molar-refractivity contribution in [2.45, 2.75) is 44.9 Å². The van der Waals surface area contributed by atoms with Crippen LogP contribution < -0.4 is 0 Å². The molecule has 0 aromatic heterocycles. The summed E-state index contributed by atoms with van der Waals surface area (Å²) in [5.41, 5.74) is 3.28. The summed E-state index contributed by atoms with van der Waals surface area (Å²) in [6.07, 6.45) is 10.1. The average Bonchev–Trinajstić information content (AvgIpc) is 2.50. The van der Waals surface area contributed by atoms with Gasteiger partial charge in [0.05, 0.1) is 0 Å². The van der Waals surface area contributed by atoms with E-state index in [9.17, 15) is 0 Å². The molecule has 0 aliphatic heterocycles. The van der Waals surface area contributed by atoms with Crippen LogP contribution in [0.15, 0.2) is 24.3 Å². The van der Waals surface area contributed by atoms with E-state index in [1.165, 1.54) is 44.9 Å². The van der Waals surface area contributed by atoms with Crippen LogP contribution >= 0.6 is 0 Å². The second kappa shape index (κ2) is 4.00. The van der Waals surface area contributed by atoms with Crippen molar-refractivity contribution in [2.24, 2.45) is 11.8 Å². The second-order valence-corrected chi connectivity index (χ2v) is 5.34. The van der Waals surface area contributed by atoms with Gasteiger partial charge in [-0.05, 0) is 48.6 Å². The van der Waals surface area contributed by atoms with Gasteiger partial charge in [0.1, 0.15) is 0 Å². The summed E-state index contributed by atoms with van der Waals surface area (Å²) in [6.45, 7) is 0. The summed E-state index contributed by atoms with van der Waals surface area (Å²) in [7, 11) is 0. The van der Waals surface area contributed by atoms with Gasteiger partial charge in [-0.15, -0.1) is 0 Å². The van der Waals surface area contributed by atoms with Crippen LogP contribution in [0, 0.1) is 11.8 Å². The summed E-state index contributed by atoms with van der Waals surface area (Å²) < 4.78 is 0. The van der Waals surface area contributed by atoms with Crippen molar-refractivity contribution < 1.29 is 0 Å². The zero-order valence-corrected chi connectivity index (χ0v) is 9.41. The van der Waals surface area contributed by atoms with Gasteiger partial charge in [0, 0.05) is 0 Å². The molecule has 2 aliphatic rings. The highest BCUT2D eigenvalue weighted by Gasteiger charge is 2.28. The molecule has 0 bridgehead atoms. The van der Waals surface area contributed by atoms with E-state index < -0.39 is 0 Å². The fourth-order valence-electron chi connectivity index (χ4n) is 3.52. The molecule has 2 aliphatic carbocycles. The van der Waals surface area contributed by atoms with E-state index in [0.717, 1.165) is 11.8 Å². The summed E-state index contributed by atoms with van der Waals surface area (Å²) in [6, 6.07) is 9.10. The topological polar surface area (TPSA) is 0 Å². The zero-order chi connectivity index (χ0) is 10.1. The van der Waals surface area contributed by atoms with Crippen molar-refractivity contribution in [1.82, 2.24) is 0 Å². The first-order valence-electron chi connectivity index (χ1n) is 6.50. The lowest BCUT2D eigenvalue weighted by Gasteiger charge is -2.31. The predicted molar refractivity (Wildman–Crippen MR) is 63.9 cm³/mol. The van der Waals surface area contributed by atoms with Gasteiger partial charge in [0.2, 0.25) is 0 Å². The van der Waals surface area contributed by atoms with Gasteiger partial charge in [-0.25, -0.2) is 0 Å². The Kier molecular flexibility index (Phi) is 2.52. The van der Waals surface area contributed by atoms with Crippen LogP contribution in [0.3, 0.4) is 0 Å². The normalized spacial score (nSPS) is 30.1. The van der Waals surface area contributed by atoms with Crippen LogP contribution in [0.4, 0.5) is 0 Å². The van der Waals surface area contributed by atoms with Crippen molar-refractivity contribution in [2.75, 3.05) is 0 Å². The Morgan fingerprint density at radius 2 is 1.27 bits per heavy atom. The lowest BCUT2D eigenvalue weighted by atomic mass is 9.74. The Hall–Kier alpha value is -0.780. The fraction of sp³-hybridized carbons (Fsp3) is 0.600. The van der Waals surface area contributed by atoms with E-state index >= 15 is 0 Å². The van der Waals surface area contributed by atoms with Gasteiger partial charge in [-0.3, -0.25) is 0 Å². The molecule has 3 rings (SSSR count). The molecule has 80 valence electrons. The molecule has 2 unspecified atom stereocenters. The maximum atomic E-state index is 2.34. The molecule has 1 fully saturated rings. The maximum absolute atomic E-state index is 2.34. The van der Waals surface area contributed by atoms with E-state index in [-0.39, 0.29) is 0 Å². The summed E-state index contributed by atoms with van der Waals surface area (Å²) in [5.74, 6) is 2.00. The Morgan fingerprint density at radius 1 is 0.733 bits per heavy atom. The third-order valence-corrected chi connectivity index (χ3v) is 4.40. The highest BCUT2D eigenvalue weighted by atomic mass is 14.3. The summed E-state index contributed by atoms with van der Waals surface area (Å²) >= 11 is 0. The largest absolute Gasteiger partial charge is 0.0620 e. The first-order chi connectivity index (χ1) is 7.43. The van der Waals surface area contributed by atoms with Crippen molar-refractivity contribution >= 4 is 0 Å². The minimum absolute atomic E-state index is 1.00. The summed E-state index contributed by atoms with van der Waals surface area (Å²) in [4.78, 5) is 0. The molecule has 1 aromatic carbocycles. The Labute approximate surface area is 92.7 Å². The quantitative estimate of drug-likeness (QED) is 0.594. The van der Waals surface area contributed by atoms with Crippen LogP contribution in [-0.4, -0.2) is 0 Å². The fourth-order valence-corrected chi connectivity index (χ4v) is 3.52. The van der Waals surface area contributed by atoms with Gasteiger partial charge < -0.3 is 0 Å². The lowest BCUT2D eigenvalue weighted by Crippen LogP contribution is -2.24. The van der Waals surface area contributed by atoms with Crippen molar-refractivity contribution in [1.29, 1.82) is 0 Å². The third-order valence-electron chi connectivity index (χ3n) is 4.40. The minimum atomic E-state index is 1.00. The Balaban J connectivity index is 1.87. The maximum Gasteiger partial charge on any atom is -0.0245 e. The van der Waals surface area contributed by atoms with Gasteiger partial charge in [-0.1, -0.05) is 43.5 Å². The molecule has 0 heterocycles. The van der Waals surface area contributed by atoms with Crippen molar-refractivity contribution in [3.05, 3.63) is 35.4 Å². The molecule has 15 heavy (non-hydrogen) atoms. The van der Waals surface area contributed by atoms with E-state index in [4.69, 9.17) is 0 Å². The zero-order valence-electron chi connectivity index (χ0n) is 9.41. The standard InChI is InChI=1S/C15H20/c1-2-6-12-10-14-8-4-5-9-15(14)11-13(12)7-3-1/h4-5,8-9,12-13H,1-3,6-7,10-11H2. The van der Waals surface area contributed by atoms with Gasteiger partial charge in [-0.2, -0.15) is 0 Å². The molecule has 0 amide bonds. The smallest absolute Gasteiger partial charge is 0.0245 e. The highest BCUT2D eigenvalue weighted by molar-refractivity contribution is 5.30.